The molecular formula is C14H17F3N2O2S. The van der Waals surface area contributed by atoms with Crippen LogP contribution in [0.2, 0.25) is 0 Å². The number of halogens is 3. The van der Waals surface area contributed by atoms with E-state index in [1.54, 1.807) is 17.5 Å². The van der Waals surface area contributed by atoms with Crippen LogP contribution in [0.5, 0.6) is 0 Å². The van der Waals surface area contributed by atoms with Crippen LogP contribution in [0.15, 0.2) is 17.5 Å². The molecule has 2 rings (SSSR count). The van der Waals surface area contributed by atoms with Crippen molar-refractivity contribution in [2.75, 3.05) is 13.1 Å². The van der Waals surface area contributed by atoms with Gasteiger partial charge in [-0.05, 0) is 31.2 Å². The van der Waals surface area contributed by atoms with Crippen LogP contribution >= 0.6 is 11.3 Å². The van der Waals surface area contributed by atoms with Crippen molar-refractivity contribution in [3.8, 4) is 0 Å². The van der Waals surface area contributed by atoms with Crippen molar-refractivity contribution < 1.29 is 22.8 Å². The van der Waals surface area contributed by atoms with Gasteiger partial charge in [-0.2, -0.15) is 13.2 Å². The molecule has 0 radical (unpaired) electrons. The molecule has 1 saturated heterocycles. The molecule has 4 nitrogen and oxygen atoms in total. The maximum Gasteiger partial charge on any atom is 0.393 e. The summed E-state index contributed by atoms with van der Waals surface area (Å²) < 4.78 is 38.3. The summed E-state index contributed by atoms with van der Waals surface area (Å²) in [6, 6.07) is 2.49. The number of alkyl halides is 3. The molecule has 0 unspecified atom stereocenters. The summed E-state index contributed by atoms with van der Waals surface area (Å²) in [7, 11) is 0. The van der Waals surface area contributed by atoms with E-state index in [1.807, 2.05) is 0 Å². The lowest BCUT2D eigenvalue weighted by Gasteiger charge is -2.35. The van der Waals surface area contributed by atoms with E-state index in [-0.39, 0.29) is 18.9 Å². The molecular weight excluding hydrogens is 317 g/mol. The van der Waals surface area contributed by atoms with Crippen molar-refractivity contribution in [3.63, 3.8) is 0 Å². The van der Waals surface area contributed by atoms with Crippen LogP contribution in [0.1, 0.15) is 29.4 Å². The summed E-state index contributed by atoms with van der Waals surface area (Å²) in [5, 5.41) is 4.27. The second-order valence-electron chi connectivity index (χ2n) is 5.34. The van der Waals surface area contributed by atoms with Crippen LogP contribution in [0, 0.1) is 5.92 Å². The summed E-state index contributed by atoms with van der Waals surface area (Å²) in [5.41, 5.74) is 0. The minimum Gasteiger partial charge on any atom is -0.340 e. The number of carbonyl (C=O) groups is 2. The number of nitrogens with zero attached hydrogens (tertiary/aromatic N) is 1. The topological polar surface area (TPSA) is 49.4 Å². The minimum absolute atomic E-state index is 0.0449. The largest absolute Gasteiger partial charge is 0.393 e. The molecule has 8 heteroatoms. The number of thiophene rings is 1. The average molecular weight is 334 g/mol. The molecule has 0 aliphatic carbocycles. The van der Waals surface area contributed by atoms with E-state index in [0.29, 0.717) is 17.8 Å². The molecule has 0 saturated carbocycles. The Labute approximate surface area is 130 Å². The number of likely N-dealkylation sites (tertiary alicyclic amines) is 1. The maximum absolute atomic E-state index is 12.8. The summed E-state index contributed by atoms with van der Waals surface area (Å²) in [6.45, 7) is 1.46. The molecule has 2 atom stereocenters. The van der Waals surface area contributed by atoms with E-state index in [2.05, 4.69) is 5.32 Å². The zero-order chi connectivity index (χ0) is 16.3. The van der Waals surface area contributed by atoms with Gasteiger partial charge in [-0.3, -0.25) is 9.59 Å². The molecule has 0 bridgehead atoms. The number of carbonyl (C=O) groups excluding carboxylic acids is 2. The van der Waals surface area contributed by atoms with Crippen molar-refractivity contribution in [3.05, 3.63) is 22.4 Å². The zero-order valence-corrected chi connectivity index (χ0v) is 12.8. The van der Waals surface area contributed by atoms with E-state index in [4.69, 9.17) is 0 Å². The Morgan fingerprint density at radius 2 is 2.18 bits per heavy atom. The molecule has 122 valence electrons. The Bertz CT molecular complexity index is 531. The molecule has 1 aromatic heterocycles. The van der Waals surface area contributed by atoms with Gasteiger partial charge in [0.2, 0.25) is 5.91 Å². The second kappa shape index (κ2) is 6.68. The lowest BCUT2D eigenvalue weighted by molar-refractivity contribution is -0.188. The maximum atomic E-state index is 12.8. The van der Waals surface area contributed by atoms with E-state index >= 15 is 0 Å². The van der Waals surface area contributed by atoms with Crippen molar-refractivity contribution in [1.82, 2.24) is 10.2 Å². The number of amides is 2. The molecule has 1 aromatic rings. The number of rotatable bonds is 3. The van der Waals surface area contributed by atoms with Crippen molar-refractivity contribution in [2.24, 2.45) is 5.92 Å². The second-order valence-corrected chi connectivity index (χ2v) is 6.29. The van der Waals surface area contributed by atoms with E-state index in [1.165, 1.54) is 23.2 Å². The first-order valence-electron chi connectivity index (χ1n) is 6.99. The van der Waals surface area contributed by atoms with E-state index in [9.17, 15) is 22.8 Å². The van der Waals surface area contributed by atoms with Crippen LogP contribution in [-0.4, -0.2) is 42.0 Å². The van der Waals surface area contributed by atoms with Gasteiger partial charge in [0.05, 0.1) is 10.8 Å². The smallest absolute Gasteiger partial charge is 0.340 e. The summed E-state index contributed by atoms with van der Waals surface area (Å²) >= 11 is 1.24. The quantitative estimate of drug-likeness (QED) is 0.924. The van der Waals surface area contributed by atoms with Gasteiger partial charge in [-0.1, -0.05) is 6.07 Å². The predicted octanol–water partition coefficient (Wildman–Crippen LogP) is 2.67. The number of hydrogen-bond acceptors (Lipinski definition) is 3. The fourth-order valence-corrected chi connectivity index (χ4v) is 3.08. The van der Waals surface area contributed by atoms with Gasteiger partial charge in [0.25, 0.3) is 5.91 Å². The standard InChI is InChI=1S/C14H17F3N2O2S/c1-9(18-12(20)11-5-3-7-22-11)13(21)19-6-2-4-10(8-19)14(15,16)17/h3,5,7,9-10H,2,4,6,8H2,1H3,(H,18,20)/t9-,10+/m1/s1. The molecule has 1 aliphatic heterocycles. The van der Waals surface area contributed by atoms with Crippen LogP contribution < -0.4 is 5.32 Å². The first-order chi connectivity index (χ1) is 10.3. The van der Waals surface area contributed by atoms with Gasteiger partial charge in [-0.25, -0.2) is 0 Å². The Balaban J connectivity index is 1.94. The minimum atomic E-state index is -4.29. The van der Waals surface area contributed by atoms with E-state index in [0.717, 1.165) is 0 Å². The summed E-state index contributed by atoms with van der Waals surface area (Å²) in [6.07, 6.45) is -3.92. The van der Waals surface area contributed by atoms with Crippen molar-refractivity contribution in [2.45, 2.75) is 32.0 Å². The normalized spacial score (nSPS) is 20.5. The van der Waals surface area contributed by atoms with Crippen LogP contribution in [0.25, 0.3) is 0 Å². The van der Waals surface area contributed by atoms with Gasteiger partial charge < -0.3 is 10.2 Å². The van der Waals surface area contributed by atoms with Crippen LogP contribution in [0.3, 0.4) is 0 Å². The predicted molar refractivity (Wildman–Crippen MR) is 76.6 cm³/mol. The zero-order valence-electron chi connectivity index (χ0n) is 12.0. The van der Waals surface area contributed by atoms with Crippen molar-refractivity contribution >= 4 is 23.2 Å². The van der Waals surface area contributed by atoms with Crippen LogP contribution in [0.4, 0.5) is 13.2 Å². The highest BCUT2D eigenvalue weighted by molar-refractivity contribution is 7.12. The highest BCUT2D eigenvalue weighted by Crippen LogP contribution is 2.33. The summed E-state index contributed by atoms with van der Waals surface area (Å²) in [5.74, 6) is -2.34. The number of piperidine rings is 1. The fraction of sp³-hybridized carbons (Fsp3) is 0.571. The molecule has 0 spiro atoms. The highest BCUT2D eigenvalue weighted by Gasteiger charge is 2.43. The Hall–Kier alpha value is -1.57. The molecule has 2 heterocycles. The number of nitrogens with one attached hydrogen (secondary N) is 1. The molecule has 0 aromatic carbocycles. The lowest BCUT2D eigenvalue weighted by atomic mass is 9.97. The van der Waals surface area contributed by atoms with Crippen LogP contribution in [-0.2, 0) is 4.79 Å². The monoisotopic (exact) mass is 334 g/mol. The fourth-order valence-electron chi connectivity index (χ4n) is 2.46. The first-order valence-corrected chi connectivity index (χ1v) is 7.87. The number of hydrogen-bond donors (Lipinski definition) is 1. The molecule has 1 N–H and O–H groups in total. The van der Waals surface area contributed by atoms with Gasteiger partial charge in [-0.15, -0.1) is 11.3 Å². The third-order valence-corrected chi connectivity index (χ3v) is 4.53. The Morgan fingerprint density at radius 3 is 2.77 bits per heavy atom. The SMILES string of the molecule is C[C@@H](NC(=O)c1cccs1)C(=O)N1CCC[C@H](C(F)(F)F)C1. The molecule has 2 amide bonds. The Kier molecular flexibility index (Phi) is 5.10. The lowest BCUT2D eigenvalue weighted by Crippen LogP contribution is -2.51. The van der Waals surface area contributed by atoms with Gasteiger partial charge >= 0.3 is 6.18 Å². The third-order valence-electron chi connectivity index (χ3n) is 3.66. The third kappa shape index (κ3) is 4.00. The van der Waals surface area contributed by atoms with Crippen molar-refractivity contribution in [1.29, 1.82) is 0 Å². The molecule has 22 heavy (non-hydrogen) atoms. The first kappa shape index (κ1) is 16.8. The van der Waals surface area contributed by atoms with E-state index < -0.39 is 24.0 Å². The molecule has 1 fully saturated rings. The molecule has 1 aliphatic rings. The van der Waals surface area contributed by atoms with Gasteiger partial charge in [0.15, 0.2) is 0 Å². The average Bonchev–Trinajstić information content (AvgIpc) is 3.00. The van der Waals surface area contributed by atoms with Gasteiger partial charge in [0, 0.05) is 13.1 Å². The Morgan fingerprint density at radius 1 is 1.45 bits per heavy atom. The summed E-state index contributed by atoms with van der Waals surface area (Å²) in [4.78, 5) is 25.8. The van der Waals surface area contributed by atoms with Gasteiger partial charge in [0.1, 0.15) is 6.04 Å². The highest BCUT2D eigenvalue weighted by atomic mass is 32.1.